The van der Waals surface area contributed by atoms with Crippen LogP contribution in [0.15, 0.2) is 12.3 Å². The molecule has 0 bridgehead atoms. The fraction of sp³-hybridized carbons (Fsp3) is 0.500. The fourth-order valence-electron chi connectivity index (χ4n) is 0.981. The first-order valence-electron chi connectivity index (χ1n) is 4.15. The fourth-order valence-corrected chi connectivity index (χ4v) is 1.16. The molecule has 1 rings (SSSR count). The van der Waals surface area contributed by atoms with Crippen LogP contribution in [0.4, 0.5) is 0 Å². The highest BCUT2D eigenvalue weighted by atomic mass is 35.5. The Kier molecular flexibility index (Phi) is 2.81. The second kappa shape index (κ2) is 3.54. The number of methoxy groups -OCH3 is 1. The first-order chi connectivity index (χ1) is 5.95. The Bertz CT molecular complexity index is 304. The molecule has 1 heterocycles. The molecule has 0 aliphatic carbocycles. The van der Waals surface area contributed by atoms with E-state index >= 15 is 0 Å². The molecule has 2 nitrogen and oxygen atoms in total. The Morgan fingerprint density at radius 3 is 2.46 bits per heavy atom. The molecule has 0 fully saturated rings. The van der Waals surface area contributed by atoms with Crippen molar-refractivity contribution in [3.05, 3.63) is 23.0 Å². The van der Waals surface area contributed by atoms with E-state index < -0.39 is 0 Å². The van der Waals surface area contributed by atoms with Crippen molar-refractivity contribution in [3.63, 3.8) is 0 Å². The predicted octanol–water partition coefficient (Wildman–Crippen LogP) is 3.04. The molecule has 0 radical (unpaired) electrons. The largest absolute Gasteiger partial charge is 0.494 e. The third kappa shape index (κ3) is 2.34. The Labute approximate surface area is 83.9 Å². The SMILES string of the molecule is COc1cc(C(C)(C)C)cnc1Cl. The molecule has 0 spiro atoms. The molecule has 0 saturated carbocycles. The van der Waals surface area contributed by atoms with Crippen LogP contribution in [0.2, 0.25) is 5.15 Å². The Morgan fingerprint density at radius 1 is 1.38 bits per heavy atom. The van der Waals surface area contributed by atoms with Crippen LogP contribution in [0.5, 0.6) is 5.75 Å². The maximum atomic E-state index is 5.81. The van der Waals surface area contributed by atoms with Gasteiger partial charge in [0.05, 0.1) is 7.11 Å². The minimum atomic E-state index is 0.0743. The summed E-state index contributed by atoms with van der Waals surface area (Å²) in [7, 11) is 1.59. The van der Waals surface area contributed by atoms with Gasteiger partial charge in [0.1, 0.15) is 0 Å². The second-order valence-corrected chi connectivity index (χ2v) is 4.33. The normalized spacial score (nSPS) is 11.5. The van der Waals surface area contributed by atoms with Gasteiger partial charge in [-0.3, -0.25) is 0 Å². The van der Waals surface area contributed by atoms with Crippen LogP contribution in [0, 0.1) is 0 Å². The molecule has 1 aromatic rings. The summed E-state index contributed by atoms with van der Waals surface area (Å²) in [6.07, 6.45) is 1.78. The highest BCUT2D eigenvalue weighted by molar-refractivity contribution is 6.30. The van der Waals surface area contributed by atoms with Gasteiger partial charge in [-0.05, 0) is 17.0 Å². The highest BCUT2D eigenvalue weighted by Gasteiger charge is 2.16. The molecule has 1 aromatic heterocycles. The van der Waals surface area contributed by atoms with Gasteiger partial charge in [-0.2, -0.15) is 0 Å². The van der Waals surface area contributed by atoms with Crippen molar-refractivity contribution in [1.82, 2.24) is 4.98 Å². The van der Waals surface area contributed by atoms with E-state index in [1.165, 1.54) is 0 Å². The molecule has 72 valence electrons. The van der Waals surface area contributed by atoms with Crippen molar-refractivity contribution in [2.24, 2.45) is 0 Å². The van der Waals surface area contributed by atoms with Crippen molar-refractivity contribution in [3.8, 4) is 5.75 Å². The average Bonchev–Trinajstić information content (AvgIpc) is 2.03. The van der Waals surface area contributed by atoms with E-state index in [1.807, 2.05) is 6.07 Å². The topological polar surface area (TPSA) is 22.1 Å². The Hall–Kier alpha value is -0.760. The number of pyridine rings is 1. The number of rotatable bonds is 1. The van der Waals surface area contributed by atoms with E-state index in [-0.39, 0.29) is 5.41 Å². The van der Waals surface area contributed by atoms with Gasteiger partial charge in [0.25, 0.3) is 0 Å². The number of hydrogen-bond acceptors (Lipinski definition) is 2. The molecule has 3 heteroatoms. The Balaban J connectivity index is 3.14. The molecule has 0 saturated heterocycles. The lowest BCUT2D eigenvalue weighted by atomic mass is 9.88. The van der Waals surface area contributed by atoms with E-state index in [2.05, 4.69) is 25.8 Å². The monoisotopic (exact) mass is 199 g/mol. The van der Waals surface area contributed by atoms with Gasteiger partial charge in [0, 0.05) is 6.20 Å². The highest BCUT2D eigenvalue weighted by Crippen LogP contribution is 2.28. The van der Waals surface area contributed by atoms with Gasteiger partial charge >= 0.3 is 0 Å². The van der Waals surface area contributed by atoms with Crippen LogP contribution in [-0.2, 0) is 5.41 Å². The van der Waals surface area contributed by atoms with Gasteiger partial charge in [-0.15, -0.1) is 0 Å². The van der Waals surface area contributed by atoms with Crippen molar-refractivity contribution < 1.29 is 4.74 Å². The lowest BCUT2D eigenvalue weighted by Crippen LogP contribution is -2.11. The quantitative estimate of drug-likeness (QED) is 0.649. The maximum Gasteiger partial charge on any atom is 0.171 e. The van der Waals surface area contributed by atoms with E-state index in [0.717, 1.165) is 5.56 Å². The molecular formula is C10H14ClNO. The van der Waals surface area contributed by atoms with Crippen LogP contribution in [0.1, 0.15) is 26.3 Å². The number of aromatic nitrogens is 1. The average molecular weight is 200 g/mol. The van der Waals surface area contributed by atoms with E-state index in [0.29, 0.717) is 10.9 Å². The van der Waals surface area contributed by atoms with E-state index in [1.54, 1.807) is 13.3 Å². The summed E-state index contributed by atoms with van der Waals surface area (Å²) in [4.78, 5) is 4.06. The van der Waals surface area contributed by atoms with Crippen LogP contribution < -0.4 is 4.74 Å². The third-order valence-electron chi connectivity index (χ3n) is 1.89. The molecule has 0 aromatic carbocycles. The van der Waals surface area contributed by atoms with Crippen molar-refractivity contribution in [2.75, 3.05) is 7.11 Å². The van der Waals surface area contributed by atoms with Gasteiger partial charge in [0.2, 0.25) is 0 Å². The van der Waals surface area contributed by atoms with Gasteiger partial charge in [-0.1, -0.05) is 32.4 Å². The maximum absolute atomic E-state index is 5.81. The van der Waals surface area contributed by atoms with Crippen LogP contribution in [-0.4, -0.2) is 12.1 Å². The predicted molar refractivity (Wildman–Crippen MR) is 54.5 cm³/mol. The molecule has 13 heavy (non-hydrogen) atoms. The summed E-state index contributed by atoms with van der Waals surface area (Å²) in [5.41, 5.74) is 1.19. The standard InChI is InChI=1S/C10H14ClNO/c1-10(2,3)7-5-8(13-4)9(11)12-6-7/h5-6H,1-4H3. The molecule has 0 aliphatic rings. The van der Waals surface area contributed by atoms with Gasteiger partial charge < -0.3 is 4.74 Å². The van der Waals surface area contributed by atoms with E-state index in [9.17, 15) is 0 Å². The van der Waals surface area contributed by atoms with Crippen LogP contribution in [0.25, 0.3) is 0 Å². The summed E-state index contributed by atoms with van der Waals surface area (Å²) >= 11 is 5.81. The number of ether oxygens (including phenoxy) is 1. The zero-order valence-electron chi connectivity index (χ0n) is 8.39. The third-order valence-corrected chi connectivity index (χ3v) is 2.18. The molecule has 0 unspecified atom stereocenters. The molecular weight excluding hydrogens is 186 g/mol. The molecule has 0 atom stereocenters. The summed E-state index contributed by atoms with van der Waals surface area (Å²) in [6.45, 7) is 6.37. The van der Waals surface area contributed by atoms with Crippen molar-refractivity contribution >= 4 is 11.6 Å². The number of nitrogens with zero attached hydrogens (tertiary/aromatic N) is 1. The van der Waals surface area contributed by atoms with Crippen molar-refractivity contribution in [1.29, 1.82) is 0 Å². The lowest BCUT2D eigenvalue weighted by molar-refractivity contribution is 0.410. The van der Waals surface area contributed by atoms with Gasteiger partial charge in [0.15, 0.2) is 10.9 Å². The number of hydrogen-bond donors (Lipinski definition) is 0. The van der Waals surface area contributed by atoms with E-state index in [4.69, 9.17) is 16.3 Å². The first-order valence-corrected chi connectivity index (χ1v) is 4.53. The summed E-state index contributed by atoms with van der Waals surface area (Å²) in [6, 6.07) is 1.93. The summed E-state index contributed by atoms with van der Waals surface area (Å²) in [5.74, 6) is 0.633. The lowest BCUT2D eigenvalue weighted by Gasteiger charge is -2.19. The molecule has 0 amide bonds. The summed E-state index contributed by atoms with van der Waals surface area (Å²) in [5, 5.41) is 0.413. The minimum Gasteiger partial charge on any atom is -0.494 e. The smallest absolute Gasteiger partial charge is 0.171 e. The van der Waals surface area contributed by atoms with Crippen molar-refractivity contribution in [2.45, 2.75) is 26.2 Å². The molecule has 0 aliphatic heterocycles. The van der Waals surface area contributed by atoms with Crippen LogP contribution in [0.3, 0.4) is 0 Å². The van der Waals surface area contributed by atoms with Crippen LogP contribution >= 0.6 is 11.6 Å². The molecule has 0 N–H and O–H groups in total. The zero-order chi connectivity index (χ0) is 10.1. The Morgan fingerprint density at radius 2 is 2.00 bits per heavy atom. The second-order valence-electron chi connectivity index (χ2n) is 3.97. The summed E-state index contributed by atoms with van der Waals surface area (Å²) < 4.78 is 5.09. The van der Waals surface area contributed by atoms with Gasteiger partial charge in [-0.25, -0.2) is 4.98 Å². The first kappa shape index (κ1) is 10.3. The zero-order valence-corrected chi connectivity index (χ0v) is 9.14. The minimum absolute atomic E-state index is 0.0743. The number of halogens is 1.